The van der Waals surface area contributed by atoms with E-state index in [0.717, 1.165) is 22.5 Å². The van der Waals surface area contributed by atoms with Crippen LogP contribution >= 0.6 is 11.6 Å². The molecular weight excluding hydrogens is 370 g/mol. The van der Waals surface area contributed by atoms with Gasteiger partial charge in [-0.3, -0.25) is 4.79 Å². The Morgan fingerprint density at radius 2 is 1.54 bits per heavy atom. The number of halogens is 1. The van der Waals surface area contributed by atoms with Crippen molar-refractivity contribution in [2.75, 3.05) is 0 Å². The maximum Gasteiger partial charge on any atom is 0.270 e. The van der Waals surface area contributed by atoms with Crippen molar-refractivity contribution in [1.82, 2.24) is 15.1 Å². The smallest absolute Gasteiger partial charge is 0.270 e. The summed E-state index contributed by atoms with van der Waals surface area (Å²) in [5.74, 6) is -0.210. The fraction of sp³-hybridized carbons (Fsp3) is 0.0435. The van der Waals surface area contributed by atoms with E-state index in [0.29, 0.717) is 17.3 Å². The lowest BCUT2D eigenvalue weighted by Crippen LogP contribution is -2.25. The molecular formula is C23H18ClN3O. The van der Waals surface area contributed by atoms with Crippen LogP contribution in [0.15, 0.2) is 91.0 Å². The van der Waals surface area contributed by atoms with E-state index in [-0.39, 0.29) is 5.91 Å². The molecule has 0 radical (unpaired) electrons. The van der Waals surface area contributed by atoms with Gasteiger partial charge in [0.1, 0.15) is 5.69 Å². The van der Waals surface area contributed by atoms with Crippen LogP contribution in [0.25, 0.3) is 16.9 Å². The van der Waals surface area contributed by atoms with Crippen molar-refractivity contribution in [1.29, 1.82) is 0 Å². The van der Waals surface area contributed by atoms with E-state index in [1.807, 2.05) is 91.0 Å². The van der Waals surface area contributed by atoms with Crippen LogP contribution < -0.4 is 5.32 Å². The van der Waals surface area contributed by atoms with Gasteiger partial charge in [-0.2, -0.15) is 5.10 Å². The Morgan fingerprint density at radius 3 is 2.25 bits per heavy atom. The van der Waals surface area contributed by atoms with Crippen LogP contribution in [0.1, 0.15) is 16.1 Å². The number of para-hydroxylation sites is 1. The third kappa shape index (κ3) is 3.82. The van der Waals surface area contributed by atoms with Crippen LogP contribution in [0, 0.1) is 0 Å². The van der Waals surface area contributed by atoms with E-state index < -0.39 is 0 Å². The van der Waals surface area contributed by atoms with E-state index in [1.54, 1.807) is 4.68 Å². The van der Waals surface area contributed by atoms with Gasteiger partial charge in [-0.05, 0) is 29.8 Å². The highest BCUT2D eigenvalue weighted by Gasteiger charge is 2.17. The second kappa shape index (κ2) is 8.11. The molecule has 1 aromatic heterocycles. The van der Waals surface area contributed by atoms with Gasteiger partial charge in [-0.15, -0.1) is 0 Å². The second-order valence-electron chi connectivity index (χ2n) is 6.30. The van der Waals surface area contributed by atoms with Gasteiger partial charge in [0, 0.05) is 17.1 Å². The Morgan fingerprint density at radius 1 is 0.893 bits per heavy atom. The zero-order chi connectivity index (χ0) is 19.3. The fourth-order valence-corrected chi connectivity index (χ4v) is 3.17. The molecule has 0 spiro atoms. The molecule has 3 aromatic carbocycles. The van der Waals surface area contributed by atoms with Crippen LogP contribution in [-0.4, -0.2) is 15.7 Å². The number of nitrogens with one attached hydrogen (secondary N) is 1. The number of amides is 1. The predicted octanol–water partition coefficient (Wildman–Crippen LogP) is 5.12. The number of carbonyl (C=O) groups is 1. The van der Waals surface area contributed by atoms with Crippen molar-refractivity contribution >= 4 is 17.5 Å². The number of hydrogen-bond acceptors (Lipinski definition) is 2. The summed E-state index contributed by atoms with van der Waals surface area (Å²) in [7, 11) is 0. The normalized spacial score (nSPS) is 10.6. The molecule has 1 N–H and O–H groups in total. The first-order valence-electron chi connectivity index (χ1n) is 8.95. The third-order valence-electron chi connectivity index (χ3n) is 4.41. The molecule has 1 heterocycles. The second-order valence-corrected chi connectivity index (χ2v) is 6.71. The molecule has 4 nitrogen and oxygen atoms in total. The van der Waals surface area contributed by atoms with E-state index >= 15 is 0 Å². The molecule has 0 aliphatic carbocycles. The zero-order valence-corrected chi connectivity index (χ0v) is 15.8. The minimum absolute atomic E-state index is 0.210. The van der Waals surface area contributed by atoms with Crippen LogP contribution in [0.4, 0.5) is 0 Å². The Bertz CT molecular complexity index is 1090. The zero-order valence-electron chi connectivity index (χ0n) is 15.0. The minimum Gasteiger partial charge on any atom is -0.347 e. The molecule has 0 aliphatic heterocycles. The van der Waals surface area contributed by atoms with Gasteiger partial charge >= 0.3 is 0 Å². The lowest BCUT2D eigenvalue weighted by atomic mass is 10.1. The number of carbonyl (C=O) groups excluding carboxylic acids is 1. The number of rotatable bonds is 5. The van der Waals surface area contributed by atoms with Crippen molar-refractivity contribution in [3.8, 4) is 16.9 Å². The van der Waals surface area contributed by atoms with Gasteiger partial charge in [0.25, 0.3) is 5.91 Å². The topological polar surface area (TPSA) is 46.9 Å². The molecule has 0 bridgehead atoms. The van der Waals surface area contributed by atoms with Gasteiger partial charge in [-0.1, -0.05) is 78.3 Å². The highest BCUT2D eigenvalue weighted by molar-refractivity contribution is 6.31. The molecule has 0 aliphatic rings. The van der Waals surface area contributed by atoms with Crippen LogP contribution in [0.3, 0.4) is 0 Å². The summed E-state index contributed by atoms with van der Waals surface area (Å²) < 4.78 is 1.67. The van der Waals surface area contributed by atoms with Gasteiger partial charge in [0.2, 0.25) is 0 Å². The molecule has 28 heavy (non-hydrogen) atoms. The molecule has 5 heteroatoms. The van der Waals surface area contributed by atoms with Crippen molar-refractivity contribution < 1.29 is 4.79 Å². The fourth-order valence-electron chi connectivity index (χ4n) is 2.97. The number of aromatic nitrogens is 2. The standard InChI is InChI=1S/C23H18ClN3O/c24-20-14-8-7-11-18(20)16-25-23(28)22-15-21(17-9-3-1-4-10-17)26-27(22)19-12-5-2-6-13-19/h1-15H,16H2,(H,25,28). The van der Waals surface area contributed by atoms with Crippen molar-refractivity contribution in [3.05, 3.63) is 107 Å². The highest BCUT2D eigenvalue weighted by Crippen LogP contribution is 2.22. The van der Waals surface area contributed by atoms with Crippen LogP contribution in [0.2, 0.25) is 5.02 Å². The van der Waals surface area contributed by atoms with E-state index in [4.69, 9.17) is 11.6 Å². The molecule has 0 saturated carbocycles. The first kappa shape index (κ1) is 18.0. The summed E-state index contributed by atoms with van der Waals surface area (Å²) in [6.45, 7) is 0.346. The highest BCUT2D eigenvalue weighted by atomic mass is 35.5. The number of benzene rings is 3. The van der Waals surface area contributed by atoms with E-state index in [1.165, 1.54) is 0 Å². The Hall–Kier alpha value is -3.37. The van der Waals surface area contributed by atoms with Crippen LogP contribution in [-0.2, 0) is 6.54 Å². The number of hydrogen-bond donors (Lipinski definition) is 1. The first-order valence-corrected chi connectivity index (χ1v) is 9.33. The largest absolute Gasteiger partial charge is 0.347 e. The Kier molecular flexibility index (Phi) is 5.22. The summed E-state index contributed by atoms with van der Waals surface area (Å²) in [6.07, 6.45) is 0. The summed E-state index contributed by atoms with van der Waals surface area (Å²) in [4.78, 5) is 13.0. The Labute approximate surface area is 168 Å². The van der Waals surface area contributed by atoms with E-state index in [9.17, 15) is 4.79 Å². The Balaban J connectivity index is 1.67. The predicted molar refractivity (Wildman–Crippen MR) is 112 cm³/mol. The monoisotopic (exact) mass is 387 g/mol. The van der Waals surface area contributed by atoms with Gasteiger partial charge in [0.05, 0.1) is 11.4 Å². The first-order chi connectivity index (χ1) is 13.7. The maximum atomic E-state index is 13.0. The maximum absolute atomic E-state index is 13.0. The van der Waals surface area contributed by atoms with Gasteiger partial charge < -0.3 is 5.32 Å². The molecule has 4 aromatic rings. The van der Waals surface area contributed by atoms with Crippen molar-refractivity contribution in [3.63, 3.8) is 0 Å². The molecule has 1 amide bonds. The average molecular weight is 388 g/mol. The van der Waals surface area contributed by atoms with Crippen molar-refractivity contribution in [2.24, 2.45) is 0 Å². The van der Waals surface area contributed by atoms with E-state index in [2.05, 4.69) is 10.4 Å². The molecule has 138 valence electrons. The molecule has 0 saturated heterocycles. The lowest BCUT2D eigenvalue weighted by molar-refractivity contribution is 0.0943. The summed E-state index contributed by atoms with van der Waals surface area (Å²) in [5, 5.41) is 8.25. The molecule has 0 fully saturated rings. The minimum atomic E-state index is -0.210. The third-order valence-corrected chi connectivity index (χ3v) is 4.78. The lowest BCUT2D eigenvalue weighted by Gasteiger charge is -2.09. The summed E-state index contributed by atoms with van der Waals surface area (Å²) in [6, 6.07) is 28.7. The van der Waals surface area contributed by atoms with Crippen LogP contribution in [0.5, 0.6) is 0 Å². The molecule has 0 atom stereocenters. The van der Waals surface area contributed by atoms with Gasteiger partial charge in [0.15, 0.2) is 0 Å². The quantitative estimate of drug-likeness (QED) is 0.516. The van der Waals surface area contributed by atoms with Gasteiger partial charge in [-0.25, -0.2) is 4.68 Å². The number of nitrogens with zero attached hydrogens (tertiary/aromatic N) is 2. The molecule has 4 rings (SSSR count). The summed E-state index contributed by atoms with van der Waals surface area (Å²) in [5.41, 5.74) is 3.86. The average Bonchev–Trinajstić information content (AvgIpc) is 3.20. The SMILES string of the molecule is O=C(NCc1ccccc1Cl)c1cc(-c2ccccc2)nn1-c1ccccc1. The summed E-state index contributed by atoms with van der Waals surface area (Å²) >= 11 is 6.20. The van der Waals surface area contributed by atoms with Crippen molar-refractivity contribution in [2.45, 2.75) is 6.54 Å². The molecule has 0 unspecified atom stereocenters.